The lowest BCUT2D eigenvalue weighted by molar-refractivity contribution is -0.130. The number of aromatic amines is 1. The molecule has 4 N–H and O–H groups in total. The van der Waals surface area contributed by atoms with E-state index in [9.17, 15) is 18.0 Å². The van der Waals surface area contributed by atoms with Gasteiger partial charge in [-0.05, 0) is 19.3 Å². The van der Waals surface area contributed by atoms with Crippen molar-refractivity contribution < 1.29 is 18.0 Å². The summed E-state index contributed by atoms with van der Waals surface area (Å²) < 4.78 is 26.3. The maximum Gasteiger partial charge on any atom is 0.259 e. The van der Waals surface area contributed by atoms with Crippen LogP contribution in [0.4, 0.5) is 0 Å². The van der Waals surface area contributed by atoms with Crippen LogP contribution in [0.2, 0.25) is 0 Å². The molecule has 0 bridgehead atoms. The number of nitrogens with zero attached hydrogens (tertiary/aromatic N) is 1. The second-order valence-electron chi connectivity index (χ2n) is 7.17. The molecule has 4 rings (SSSR count). The minimum Gasteiger partial charge on any atom is -0.341 e. The zero-order valence-corrected chi connectivity index (χ0v) is 16.2. The van der Waals surface area contributed by atoms with Crippen LogP contribution in [0.15, 0.2) is 18.9 Å². The Morgan fingerprint density at radius 3 is 2.74 bits per heavy atom. The first kappa shape index (κ1) is 19.8. The first-order valence-electron chi connectivity index (χ1n) is 8.61. The van der Waals surface area contributed by atoms with Crippen LogP contribution in [0.3, 0.4) is 0 Å². The van der Waals surface area contributed by atoms with Gasteiger partial charge in [0, 0.05) is 24.6 Å². The van der Waals surface area contributed by atoms with Crippen LogP contribution in [0.25, 0.3) is 0 Å². The summed E-state index contributed by atoms with van der Waals surface area (Å²) in [5.74, 6) is -1.84. The van der Waals surface area contributed by atoms with E-state index in [1.807, 2.05) is 0 Å². The second-order valence-corrected chi connectivity index (χ2v) is 9.14. The molecule has 3 aliphatic rings. The Morgan fingerprint density at radius 2 is 2.11 bits per heavy atom. The maximum absolute atomic E-state index is 12.8. The predicted molar refractivity (Wildman–Crippen MR) is 99.5 cm³/mol. The molecule has 1 unspecified atom stereocenters. The molecule has 2 heterocycles. The standard InChI is InChI=1S/C16H21N5O4S.ClH/c1-2-10-5-16(10,15(23)21-26(24,25)11-3-4-11)19-14(22)12-8-17-6-9-7-18-20-13(9)12;/h2,7,10-12,17H,1,3-6,8H2,(H,18,20)(H,19,22)(H,21,23);1H/t10-,12?,16-;/m1./s1. The molecule has 2 aliphatic carbocycles. The molecule has 3 atom stereocenters. The van der Waals surface area contributed by atoms with Gasteiger partial charge in [0.15, 0.2) is 0 Å². The molecule has 2 amide bonds. The summed E-state index contributed by atoms with van der Waals surface area (Å²) in [5.41, 5.74) is 0.374. The summed E-state index contributed by atoms with van der Waals surface area (Å²) in [4.78, 5) is 25.5. The van der Waals surface area contributed by atoms with Gasteiger partial charge in [-0.25, -0.2) is 8.42 Å². The van der Waals surface area contributed by atoms with Gasteiger partial charge in [0.2, 0.25) is 15.9 Å². The molecule has 9 nitrogen and oxygen atoms in total. The molecule has 2 saturated carbocycles. The van der Waals surface area contributed by atoms with Gasteiger partial charge >= 0.3 is 0 Å². The zero-order valence-electron chi connectivity index (χ0n) is 14.5. The average Bonchev–Trinajstić information content (AvgIpc) is 3.51. The van der Waals surface area contributed by atoms with Crippen LogP contribution in [-0.2, 0) is 26.2 Å². The van der Waals surface area contributed by atoms with Crippen molar-refractivity contribution in [2.24, 2.45) is 5.92 Å². The van der Waals surface area contributed by atoms with Crippen LogP contribution < -0.4 is 15.4 Å². The van der Waals surface area contributed by atoms with E-state index in [-0.39, 0.29) is 24.2 Å². The smallest absolute Gasteiger partial charge is 0.259 e. The minimum absolute atomic E-state index is 0. The SMILES string of the molecule is C=C[C@@H]1C[C@]1(NC(=O)C1CNCc2cn[nH]c21)C(=O)NS(=O)(=O)C1CC1.Cl. The number of fused-ring (bicyclic) bond motifs is 1. The Balaban J connectivity index is 0.00000210. The summed E-state index contributed by atoms with van der Waals surface area (Å²) >= 11 is 0. The van der Waals surface area contributed by atoms with Crippen LogP contribution in [0.5, 0.6) is 0 Å². The van der Waals surface area contributed by atoms with Gasteiger partial charge in [-0.15, -0.1) is 19.0 Å². The number of nitrogens with one attached hydrogen (secondary N) is 4. The normalized spacial score (nSPS) is 29.0. The number of aromatic nitrogens is 2. The van der Waals surface area contributed by atoms with Gasteiger partial charge in [0.1, 0.15) is 5.54 Å². The Labute approximate surface area is 163 Å². The molecule has 1 aromatic rings. The van der Waals surface area contributed by atoms with Crippen LogP contribution in [-0.4, -0.2) is 47.8 Å². The Kier molecular flexibility index (Phi) is 5.08. The lowest BCUT2D eigenvalue weighted by Crippen LogP contribution is -2.54. The highest BCUT2D eigenvalue weighted by Gasteiger charge is 2.61. The van der Waals surface area contributed by atoms with Gasteiger partial charge in [0.25, 0.3) is 5.91 Å². The van der Waals surface area contributed by atoms with Crippen LogP contribution >= 0.6 is 12.4 Å². The van der Waals surface area contributed by atoms with E-state index in [1.54, 1.807) is 12.3 Å². The average molecular weight is 416 g/mol. The fourth-order valence-electron chi connectivity index (χ4n) is 3.46. The van der Waals surface area contributed by atoms with Crippen molar-refractivity contribution in [1.29, 1.82) is 0 Å². The summed E-state index contributed by atoms with van der Waals surface area (Å²) in [6.45, 7) is 4.72. The molecule has 0 spiro atoms. The zero-order chi connectivity index (χ0) is 18.5. The van der Waals surface area contributed by atoms with Crippen LogP contribution in [0, 0.1) is 5.92 Å². The number of rotatable bonds is 6. The third-order valence-corrected chi connectivity index (χ3v) is 7.15. The lowest BCUT2D eigenvalue weighted by Gasteiger charge is -2.25. The number of amides is 2. The Hall–Kier alpha value is -1.91. The van der Waals surface area contributed by atoms with E-state index in [0.29, 0.717) is 32.4 Å². The number of halogens is 1. The van der Waals surface area contributed by atoms with Gasteiger partial charge in [-0.1, -0.05) is 6.08 Å². The first-order valence-corrected chi connectivity index (χ1v) is 10.2. The molecule has 148 valence electrons. The van der Waals surface area contributed by atoms with Crippen molar-refractivity contribution in [3.8, 4) is 0 Å². The van der Waals surface area contributed by atoms with Crippen molar-refractivity contribution in [2.45, 2.75) is 42.5 Å². The van der Waals surface area contributed by atoms with Crippen molar-refractivity contribution >= 4 is 34.2 Å². The third-order valence-electron chi connectivity index (χ3n) is 5.33. The van der Waals surface area contributed by atoms with Gasteiger partial charge in [0.05, 0.1) is 23.1 Å². The Morgan fingerprint density at radius 1 is 1.37 bits per heavy atom. The highest BCUT2D eigenvalue weighted by atomic mass is 35.5. The highest BCUT2D eigenvalue weighted by molar-refractivity contribution is 7.91. The quantitative estimate of drug-likeness (QED) is 0.471. The summed E-state index contributed by atoms with van der Waals surface area (Å²) in [6, 6.07) is 0. The molecule has 1 aliphatic heterocycles. The molecular weight excluding hydrogens is 394 g/mol. The van der Waals surface area contributed by atoms with E-state index in [2.05, 4.69) is 32.1 Å². The minimum atomic E-state index is -3.68. The van der Waals surface area contributed by atoms with Crippen molar-refractivity contribution in [2.75, 3.05) is 6.54 Å². The van der Waals surface area contributed by atoms with E-state index in [0.717, 1.165) is 11.3 Å². The largest absolute Gasteiger partial charge is 0.341 e. The van der Waals surface area contributed by atoms with Gasteiger partial charge in [-0.2, -0.15) is 5.10 Å². The molecular formula is C16H22ClN5O4S. The van der Waals surface area contributed by atoms with E-state index < -0.39 is 32.6 Å². The first-order chi connectivity index (χ1) is 12.4. The number of hydrogen-bond acceptors (Lipinski definition) is 6. The Bertz CT molecular complexity index is 881. The number of hydrogen-bond donors (Lipinski definition) is 4. The fraction of sp³-hybridized carbons (Fsp3) is 0.562. The fourth-order valence-corrected chi connectivity index (χ4v) is 4.83. The molecule has 1 aromatic heterocycles. The molecule has 27 heavy (non-hydrogen) atoms. The molecule has 0 saturated heterocycles. The van der Waals surface area contributed by atoms with Crippen molar-refractivity contribution in [3.05, 3.63) is 30.1 Å². The maximum atomic E-state index is 12.8. The third kappa shape index (κ3) is 3.48. The lowest BCUT2D eigenvalue weighted by atomic mass is 9.96. The summed E-state index contributed by atoms with van der Waals surface area (Å²) in [5, 5.41) is 12.2. The van der Waals surface area contributed by atoms with Crippen molar-refractivity contribution in [1.82, 2.24) is 25.6 Å². The molecule has 2 fully saturated rings. The van der Waals surface area contributed by atoms with E-state index in [4.69, 9.17) is 0 Å². The number of sulfonamides is 1. The number of carbonyl (C=O) groups excluding carboxylic acids is 2. The van der Waals surface area contributed by atoms with Crippen LogP contribution in [0.1, 0.15) is 36.4 Å². The highest BCUT2D eigenvalue weighted by Crippen LogP contribution is 2.45. The second kappa shape index (κ2) is 6.92. The molecule has 11 heteroatoms. The number of carbonyl (C=O) groups is 2. The van der Waals surface area contributed by atoms with Gasteiger partial charge < -0.3 is 10.6 Å². The topological polar surface area (TPSA) is 133 Å². The number of H-pyrrole nitrogens is 1. The van der Waals surface area contributed by atoms with E-state index in [1.165, 1.54) is 0 Å². The van der Waals surface area contributed by atoms with Gasteiger partial charge in [-0.3, -0.25) is 19.4 Å². The van der Waals surface area contributed by atoms with Crippen molar-refractivity contribution in [3.63, 3.8) is 0 Å². The summed E-state index contributed by atoms with van der Waals surface area (Å²) in [7, 11) is -3.68. The predicted octanol–water partition coefficient (Wildman–Crippen LogP) is -0.312. The van der Waals surface area contributed by atoms with E-state index >= 15 is 0 Å². The monoisotopic (exact) mass is 415 g/mol. The molecule has 0 radical (unpaired) electrons. The molecule has 0 aromatic carbocycles. The summed E-state index contributed by atoms with van der Waals surface area (Å²) in [6.07, 6.45) is 4.69.